The molecule has 4 heteroatoms. The third kappa shape index (κ3) is 3.20. The Bertz CT molecular complexity index is 640. The number of halogens is 1. The molecule has 0 aliphatic rings. The molecule has 0 unspecified atom stereocenters. The lowest BCUT2D eigenvalue weighted by atomic mass is 10.1. The van der Waals surface area contributed by atoms with Crippen molar-refractivity contribution in [3.05, 3.63) is 63.6 Å². The molecule has 0 heterocycles. The van der Waals surface area contributed by atoms with Crippen LogP contribution in [0, 0.1) is 6.92 Å². The summed E-state index contributed by atoms with van der Waals surface area (Å²) in [6, 6.07) is 12.7. The molecular weight excluding hydrogens is 318 g/mol. The van der Waals surface area contributed by atoms with E-state index in [0.717, 1.165) is 15.6 Å². The minimum Gasteiger partial charge on any atom is -0.508 e. The van der Waals surface area contributed by atoms with E-state index in [-0.39, 0.29) is 11.7 Å². The summed E-state index contributed by atoms with van der Waals surface area (Å²) in [4.78, 5) is 14.0. The third-order valence-corrected chi connectivity index (χ3v) is 3.79. The highest BCUT2D eigenvalue weighted by atomic mass is 79.9. The van der Waals surface area contributed by atoms with Gasteiger partial charge in [-0.2, -0.15) is 0 Å². The number of phenolic OH excluding ortho intramolecular Hbond substituents is 1. The second-order valence-corrected chi connectivity index (χ2v) is 5.63. The lowest BCUT2D eigenvalue weighted by Crippen LogP contribution is -2.26. The quantitative estimate of drug-likeness (QED) is 0.929. The van der Waals surface area contributed by atoms with Crippen molar-refractivity contribution in [3.63, 3.8) is 0 Å². The molecule has 0 spiro atoms. The summed E-state index contributed by atoms with van der Waals surface area (Å²) in [5, 5.41) is 9.76. The van der Waals surface area contributed by atoms with Crippen LogP contribution in [0.2, 0.25) is 0 Å². The average Bonchev–Trinajstić information content (AvgIpc) is 2.43. The van der Waals surface area contributed by atoms with E-state index in [9.17, 15) is 9.90 Å². The summed E-state index contributed by atoms with van der Waals surface area (Å²) >= 11 is 3.40. The van der Waals surface area contributed by atoms with E-state index in [1.165, 1.54) is 0 Å². The van der Waals surface area contributed by atoms with Crippen LogP contribution in [0.5, 0.6) is 5.75 Å². The van der Waals surface area contributed by atoms with Crippen molar-refractivity contribution in [2.75, 3.05) is 7.05 Å². The first-order chi connectivity index (χ1) is 9.49. The number of carbonyl (C=O) groups is 1. The summed E-state index contributed by atoms with van der Waals surface area (Å²) < 4.78 is 0.775. The standard InChI is InChI=1S/C16H16BrNO2/c1-11-7-8-14(17)13(9-11)16(20)18(2)10-12-5-3-4-6-15(12)19/h3-9,19H,10H2,1-2H3. The van der Waals surface area contributed by atoms with E-state index in [4.69, 9.17) is 0 Å². The normalized spacial score (nSPS) is 10.3. The molecule has 0 saturated carbocycles. The number of rotatable bonds is 3. The second-order valence-electron chi connectivity index (χ2n) is 4.77. The van der Waals surface area contributed by atoms with E-state index in [1.807, 2.05) is 37.3 Å². The van der Waals surface area contributed by atoms with E-state index in [0.29, 0.717) is 12.1 Å². The van der Waals surface area contributed by atoms with E-state index in [2.05, 4.69) is 15.9 Å². The summed E-state index contributed by atoms with van der Waals surface area (Å²) in [5.74, 6) is 0.124. The zero-order chi connectivity index (χ0) is 14.7. The molecule has 104 valence electrons. The van der Waals surface area contributed by atoms with Gasteiger partial charge in [-0.05, 0) is 41.1 Å². The molecule has 20 heavy (non-hydrogen) atoms. The van der Waals surface area contributed by atoms with Crippen LogP contribution in [-0.4, -0.2) is 23.0 Å². The first kappa shape index (κ1) is 14.6. The summed E-state index contributed by atoms with van der Waals surface area (Å²) in [7, 11) is 1.73. The fourth-order valence-electron chi connectivity index (χ4n) is 1.98. The summed E-state index contributed by atoms with van der Waals surface area (Å²) in [6.45, 7) is 2.32. The van der Waals surface area contributed by atoms with Crippen molar-refractivity contribution in [2.45, 2.75) is 13.5 Å². The maximum absolute atomic E-state index is 12.4. The van der Waals surface area contributed by atoms with Crippen molar-refractivity contribution in [2.24, 2.45) is 0 Å². The number of benzene rings is 2. The Morgan fingerprint density at radius 3 is 2.65 bits per heavy atom. The number of phenols is 1. The lowest BCUT2D eigenvalue weighted by molar-refractivity contribution is 0.0783. The van der Waals surface area contributed by atoms with Crippen molar-refractivity contribution < 1.29 is 9.90 Å². The molecule has 0 aliphatic heterocycles. The molecule has 0 radical (unpaired) electrons. The zero-order valence-electron chi connectivity index (χ0n) is 11.4. The number of para-hydroxylation sites is 1. The molecule has 2 aromatic carbocycles. The van der Waals surface area contributed by atoms with Crippen LogP contribution in [-0.2, 0) is 6.54 Å². The fourth-order valence-corrected chi connectivity index (χ4v) is 2.40. The number of hydrogen-bond acceptors (Lipinski definition) is 2. The first-order valence-corrected chi connectivity index (χ1v) is 7.07. The molecule has 2 rings (SSSR count). The van der Waals surface area contributed by atoms with Crippen LogP contribution >= 0.6 is 15.9 Å². The highest BCUT2D eigenvalue weighted by Gasteiger charge is 2.16. The Kier molecular flexibility index (Phi) is 4.45. The van der Waals surface area contributed by atoms with Crippen LogP contribution in [0.4, 0.5) is 0 Å². The topological polar surface area (TPSA) is 40.5 Å². The van der Waals surface area contributed by atoms with Crippen LogP contribution in [0.25, 0.3) is 0 Å². The molecule has 0 fully saturated rings. The Morgan fingerprint density at radius 2 is 1.95 bits per heavy atom. The van der Waals surface area contributed by atoms with Crippen molar-refractivity contribution in [3.8, 4) is 5.75 Å². The number of aryl methyl sites for hydroxylation is 1. The summed E-state index contributed by atoms with van der Waals surface area (Å²) in [6.07, 6.45) is 0. The Hall–Kier alpha value is -1.81. The van der Waals surface area contributed by atoms with Gasteiger partial charge in [-0.25, -0.2) is 0 Å². The number of carbonyl (C=O) groups excluding carboxylic acids is 1. The minimum absolute atomic E-state index is 0.0798. The monoisotopic (exact) mass is 333 g/mol. The molecule has 2 aromatic rings. The van der Waals surface area contributed by atoms with Crippen LogP contribution in [0.15, 0.2) is 46.9 Å². The van der Waals surface area contributed by atoms with Crippen molar-refractivity contribution in [1.82, 2.24) is 4.90 Å². The van der Waals surface area contributed by atoms with E-state index < -0.39 is 0 Å². The van der Waals surface area contributed by atoms with E-state index >= 15 is 0 Å². The third-order valence-electron chi connectivity index (χ3n) is 3.10. The van der Waals surface area contributed by atoms with Crippen molar-refractivity contribution in [1.29, 1.82) is 0 Å². The predicted octanol–water partition coefficient (Wildman–Crippen LogP) is 3.74. The maximum atomic E-state index is 12.4. The molecule has 0 aliphatic carbocycles. The van der Waals surface area contributed by atoms with Crippen LogP contribution < -0.4 is 0 Å². The second kappa shape index (κ2) is 6.09. The predicted molar refractivity (Wildman–Crippen MR) is 82.8 cm³/mol. The molecule has 0 atom stereocenters. The zero-order valence-corrected chi connectivity index (χ0v) is 13.0. The molecule has 0 saturated heterocycles. The first-order valence-electron chi connectivity index (χ1n) is 6.27. The van der Waals surface area contributed by atoms with Crippen LogP contribution in [0.3, 0.4) is 0 Å². The van der Waals surface area contributed by atoms with Gasteiger partial charge >= 0.3 is 0 Å². The molecule has 0 aromatic heterocycles. The Labute approximate surface area is 127 Å². The fraction of sp³-hybridized carbons (Fsp3) is 0.188. The van der Waals surface area contributed by atoms with Crippen LogP contribution in [0.1, 0.15) is 21.5 Å². The van der Waals surface area contributed by atoms with Gasteiger partial charge in [-0.3, -0.25) is 4.79 Å². The molecule has 1 N–H and O–H groups in total. The number of nitrogens with zero attached hydrogens (tertiary/aromatic N) is 1. The summed E-state index contributed by atoms with van der Waals surface area (Å²) in [5.41, 5.74) is 2.39. The lowest BCUT2D eigenvalue weighted by Gasteiger charge is -2.19. The van der Waals surface area contributed by atoms with Crippen molar-refractivity contribution >= 4 is 21.8 Å². The molecule has 1 amide bonds. The number of aromatic hydroxyl groups is 1. The minimum atomic E-state index is -0.0798. The van der Waals surface area contributed by atoms with E-state index in [1.54, 1.807) is 24.1 Å². The van der Waals surface area contributed by atoms with Gasteiger partial charge in [-0.15, -0.1) is 0 Å². The van der Waals surface area contributed by atoms with Gasteiger partial charge in [0.1, 0.15) is 5.75 Å². The Morgan fingerprint density at radius 1 is 1.25 bits per heavy atom. The largest absolute Gasteiger partial charge is 0.508 e. The molecular formula is C16H16BrNO2. The molecule has 3 nitrogen and oxygen atoms in total. The SMILES string of the molecule is Cc1ccc(Br)c(C(=O)N(C)Cc2ccccc2O)c1. The van der Waals surface area contributed by atoms with Gasteiger partial charge in [0.05, 0.1) is 5.56 Å². The van der Waals surface area contributed by atoms with Gasteiger partial charge in [0, 0.05) is 23.6 Å². The van der Waals surface area contributed by atoms with Gasteiger partial charge < -0.3 is 10.0 Å². The average molecular weight is 334 g/mol. The number of hydrogen-bond donors (Lipinski definition) is 1. The van der Waals surface area contributed by atoms with Gasteiger partial charge in [0.2, 0.25) is 0 Å². The smallest absolute Gasteiger partial charge is 0.255 e. The molecule has 0 bridgehead atoms. The highest BCUT2D eigenvalue weighted by Crippen LogP contribution is 2.22. The van der Waals surface area contributed by atoms with Gasteiger partial charge in [-0.1, -0.05) is 29.8 Å². The van der Waals surface area contributed by atoms with Gasteiger partial charge in [0.25, 0.3) is 5.91 Å². The number of amides is 1. The highest BCUT2D eigenvalue weighted by molar-refractivity contribution is 9.10. The van der Waals surface area contributed by atoms with Gasteiger partial charge in [0.15, 0.2) is 0 Å². The Balaban J connectivity index is 2.21. The maximum Gasteiger partial charge on any atom is 0.255 e.